The third-order valence-electron chi connectivity index (χ3n) is 2.33. The van der Waals surface area contributed by atoms with E-state index in [2.05, 4.69) is 0 Å². The van der Waals surface area contributed by atoms with Crippen LogP contribution in [0.2, 0.25) is 0 Å². The molecule has 0 fully saturated rings. The van der Waals surface area contributed by atoms with Crippen molar-refractivity contribution in [3.05, 3.63) is 44.5 Å². The first kappa shape index (κ1) is 12.0. The maximum absolute atomic E-state index is 12.4. The molecule has 2 N–H and O–H groups in total. The molecule has 0 aliphatic rings. The topological polar surface area (TPSA) is 84.5 Å². The van der Waals surface area contributed by atoms with Crippen LogP contribution in [0.4, 0.5) is 13.2 Å². The van der Waals surface area contributed by atoms with Crippen LogP contribution >= 0.6 is 0 Å². The first-order valence-corrected chi connectivity index (χ1v) is 4.51. The van der Waals surface area contributed by atoms with Crippen LogP contribution in [0.25, 0.3) is 11.0 Å². The van der Waals surface area contributed by atoms with Gasteiger partial charge in [-0.2, -0.15) is 13.2 Å². The molecule has 9 heteroatoms. The monoisotopic (exact) mass is 262 g/mol. The quantitative estimate of drug-likeness (QED) is 0.539. The number of hydrogen-bond donors (Lipinski definition) is 2. The van der Waals surface area contributed by atoms with Crippen LogP contribution in [0.5, 0.6) is 0 Å². The maximum Gasteiger partial charge on any atom is 0.416 e. The van der Waals surface area contributed by atoms with Gasteiger partial charge in [0.25, 0.3) is 0 Å². The number of fused-ring (bicyclic) bond motifs is 1. The smallest absolute Gasteiger partial charge is 0.416 e. The van der Waals surface area contributed by atoms with Crippen molar-refractivity contribution < 1.29 is 23.6 Å². The zero-order chi connectivity index (χ0) is 13.7. The molecule has 18 heavy (non-hydrogen) atoms. The van der Waals surface area contributed by atoms with Crippen molar-refractivity contribution in [1.82, 2.24) is 9.46 Å². The Bertz CT molecular complexity index is 744. The normalized spacial score (nSPS) is 11.9. The molecule has 0 spiro atoms. The zero-order valence-electron chi connectivity index (χ0n) is 8.47. The maximum atomic E-state index is 12.4. The number of rotatable bonds is 0. The minimum atomic E-state index is -4.68. The number of halogens is 3. The highest BCUT2D eigenvalue weighted by atomic mass is 19.4. The summed E-state index contributed by atoms with van der Waals surface area (Å²) in [6.45, 7) is 0. The summed E-state index contributed by atoms with van der Waals surface area (Å²) in [5, 5.41) is 18.5. The summed E-state index contributed by atoms with van der Waals surface area (Å²) in [6, 6.07) is 1.83. The summed E-state index contributed by atoms with van der Waals surface area (Å²) >= 11 is 0. The lowest BCUT2D eigenvalue weighted by molar-refractivity contribution is -0.137. The van der Waals surface area contributed by atoms with Gasteiger partial charge in [0.05, 0.1) is 5.56 Å². The Hall–Kier alpha value is -2.45. The molecule has 0 saturated carbocycles. The minimum absolute atomic E-state index is 0.120. The van der Waals surface area contributed by atoms with Gasteiger partial charge in [-0.25, -0.2) is 0 Å². The molecule has 96 valence electrons. The van der Waals surface area contributed by atoms with Crippen LogP contribution in [-0.2, 0) is 6.18 Å². The average Bonchev–Trinajstić information content (AvgIpc) is 2.32. The molecule has 0 bridgehead atoms. The third kappa shape index (κ3) is 1.60. The lowest BCUT2D eigenvalue weighted by Gasteiger charge is -2.10. The van der Waals surface area contributed by atoms with Gasteiger partial charge in [0, 0.05) is 0 Å². The Morgan fingerprint density at radius 2 is 1.44 bits per heavy atom. The Labute approximate surface area is 95.7 Å². The molecule has 6 nitrogen and oxygen atoms in total. The molecule has 1 heterocycles. The number of hydrogen-bond acceptors (Lipinski definition) is 4. The molecule has 1 aromatic heterocycles. The van der Waals surface area contributed by atoms with E-state index in [0.29, 0.717) is 12.1 Å². The molecule has 0 unspecified atom stereocenters. The largest absolute Gasteiger partial charge is 0.425 e. The number of alkyl halides is 3. The van der Waals surface area contributed by atoms with Gasteiger partial charge in [0.1, 0.15) is 11.0 Å². The van der Waals surface area contributed by atoms with Crippen molar-refractivity contribution in [3.8, 4) is 0 Å². The van der Waals surface area contributed by atoms with Crippen molar-refractivity contribution in [3.63, 3.8) is 0 Å². The van der Waals surface area contributed by atoms with Gasteiger partial charge in [-0.15, -0.1) is 9.46 Å². The highest BCUT2D eigenvalue weighted by Crippen LogP contribution is 2.30. The van der Waals surface area contributed by atoms with E-state index in [1.165, 1.54) is 0 Å². The van der Waals surface area contributed by atoms with E-state index in [0.717, 1.165) is 6.07 Å². The second-order valence-corrected chi connectivity index (χ2v) is 3.44. The summed E-state index contributed by atoms with van der Waals surface area (Å²) < 4.78 is 36.9. The van der Waals surface area contributed by atoms with Crippen LogP contribution in [0.1, 0.15) is 5.56 Å². The number of nitrogens with zero attached hydrogens (tertiary/aromatic N) is 2. The van der Waals surface area contributed by atoms with Gasteiger partial charge in [-0.3, -0.25) is 9.59 Å². The highest BCUT2D eigenvalue weighted by Gasteiger charge is 2.31. The first-order valence-electron chi connectivity index (χ1n) is 4.51. The third-order valence-corrected chi connectivity index (χ3v) is 2.33. The lowest BCUT2D eigenvalue weighted by Crippen LogP contribution is -2.40. The second-order valence-electron chi connectivity index (χ2n) is 3.44. The summed E-state index contributed by atoms with van der Waals surface area (Å²) in [4.78, 5) is 22.2. The van der Waals surface area contributed by atoms with Crippen LogP contribution in [-0.4, -0.2) is 19.9 Å². The molecule has 0 saturated heterocycles. The summed E-state index contributed by atoms with van der Waals surface area (Å²) in [5.41, 5.74) is -5.20. The van der Waals surface area contributed by atoms with Crippen LogP contribution in [0.15, 0.2) is 27.8 Å². The minimum Gasteiger partial charge on any atom is -0.425 e. The van der Waals surface area contributed by atoms with Gasteiger partial charge in [-0.1, -0.05) is 0 Å². The summed E-state index contributed by atoms with van der Waals surface area (Å²) in [6.07, 6.45) is -4.68. The molecule has 0 aliphatic carbocycles. The van der Waals surface area contributed by atoms with Crippen LogP contribution in [0.3, 0.4) is 0 Å². The van der Waals surface area contributed by atoms with Gasteiger partial charge in [-0.05, 0) is 18.2 Å². The van der Waals surface area contributed by atoms with E-state index < -0.39 is 33.9 Å². The van der Waals surface area contributed by atoms with E-state index >= 15 is 0 Å². The fraction of sp³-hybridized carbons (Fsp3) is 0.111. The standard InChI is InChI=1S/C9H5F3N2O4/c10-9(11,12)4-1-2-5-6(3-4)14(18)8(16)7(15)13(5)17/h1-3,17-18H. The van der Waals surface area contributed by atoms with E-state index in [1.807, 2.05) is 0 Å². The van der Waals surface area contributed by atoms with Crippen molar-refractivity contribution in [2.45, 2.75) is 6.18 Å². The molecule has 1 aromatic carbocycles. The molecular formula is C9H5F3N2O4. The van der Waals surface area contributed by atoms with E-state index in [4.69, 9.17) is 0 Å². The molecule has 0 aliphatic heterocycles. The Morgan fingerprint density at radius 3 is 1.94 bits per heavy atom. The van der Waals surface area contributed by atoms with Gasteiger partial charge < -0.3 is 10.4 Å². The number of benzene rings is 1. The van der Waals surface area contributed by atoms with Gasteiger partial charge in [0.2, 0.25) is 0 Å². The van der Waals surface area contributed by atoms with E-state index in [1.54, 1.807) is 0 Å². The van der Waals surface area contributed by atoms with Crippen molar-refractivity contribution in [1.29, 1.82) is 0 Å². The van der Waals surface area contributed by atoms with Gasteiger partial charge >= 0.3 is 17.3 Å². The molecule has 2 aromatic rings. The van der Waals surface area contributed by atoms with Crippen molar-refractivity contribution in [2.75, 3.05) is 0 Å². The Balaban J connectivity index is 2.96. The molecule has 2 rings (SSSR count). The zero-order valence-corrected chi connectivity index (χ0v) is 8.47. The predicted molar refractivity (Wildman–Crippen MR) is 51.8 cm³/mol. The van der Waals surface area contributed by atoms with Crippen LogP contribution in [0, 0.1) is 0 Å². The van der Waals surface area contributed by atoms with E-state index in [-0.39, 0.29) is 9.46 Å². The lowest BCUT2D eigenvalue weighted by atomic mass is 10.2. The molecule has 0 amide bonds. The fourth-order valence-corrected chi connectivity index (χ4v) is 1.45. The van der Waals surface area contributed by atoms with Gasteiger partial charge in [0.15, 0.2) is 0 Å². The van der Waals surface area contributed by atoms with E-state index in [9.17, 15) is 33.2 Å². The first-order chi connectivity index (χ1) is 8.23. The summed E-state index contributed by atoms with van der Waals surface area (Å²) in [5.74, 6) is 0. The Morgan fingerprint density at radius 1 is 0.944 bits per heavy atom. The SMILES string of the molecule is O=c1c(=O)n(O)c2cc(C(F)(F)F)ccc2n1O. The predicted octanol–water partition coefficient (Wildman–Crippen LogP) is 0.657. The highest BCUT2D eigenvalue weighted by molar-refractivity contribution is 5.75. The molecule has 0 radical (unpaired) electrons. The Kier molecular flexibility index (Phi) is 2.35. The number of aromatic nitrogens is 2. The average molecular weight is 262 g/mol. The molecule has 0 atom stereocenters. The molecular weight excluding hydrogens is 257 g/mol. The summed E-state index contributed by atoms with van der Waals surface area (Å²) in [7, 11) is 0. The van der Waals surface area contributed by atoms with Crippen molar-refractivity contribution in [2.24, 2.45) is 0 Å². The van der Waals surface area contributed by atoms with Crippen LogP contribution < -0.4 is 11.1 Å². The van der Waals surface area contributed by atoms with Crippen molar-refractivity contribution >= 4 is 11.0 Å². The fourth-order valence-electron chi connectivity index (χ4n) is 1.45. The second kappa shape index (κ2) is 3.52.